The van der Waals surface area contributed by atoms with Crippen LogP contribution in [0.1, 0.15) is 26.5 Å². The third-order valence-corrected chi connectivity index (χ3v) is 2.56. The number of aryl methyl sites for hydroxylation is 1. The lowest BCUT2D eigenvalue weighted by Crippen LogP contribution is -2.27. The van der Waals surface area contributed by atoms with Crippen LogP contribution < -0.4 is 0 Å². The largest absolute Gasteiger partial charge is 0.506 e. The van der Waals surface area contributed by atoms with Crippen molar-refractivity contribution in [3.05, 3.63) is 30.0 Å². The molecule has 18 heavy (non-hydrogen) atoms. The molecule has 0 spiro atoms. The predicted molar refractivity (Wildman–Crippen MR) is 70.0 cm³/mol. The van der Waals surface area contributed by atoms with Crippen molar-refractivity contribution in [1.82, 2.24) is 4.57 Å². The van der Waals surface area contributed by atoms with Gasteiger partial charge in [-0.1, -0.05) is 12.1 Å². The number of aromatic hydroxyl groups is 1. The lowest BCUT2D eigenvalue weighted by Gasteiger charge is -2.20. The van der Waals surface area contributed by atoms with Gasteiger partial charge in [0, 0.05) is 11.1 Å². The summed E-state index contributed by atoms with van der Waals surface area (Å²) in [5.74, 6) is 0.0754. The molecule has 2 aromatic rings. The predicted octanol–water partition coefficient (Wildman–Crippen LogP) is 3.44. The van der Waals surface area contributed by atoms with Gasteiger partial charge in [0.25, 0.3) is 0 Å². The Labute approximate surface area is 106 Å². The Morgan fingerprint density at radius 3 is 2.61 bits per heavy atom. The minimum Gasteiger partial charge on any atom is -0.506 e. The highest BCUT2D eigenvalue weighted by Crippen LogP contribution is 2.28. The van der Waals surface area contributed by atoms with Crippen molar-refractivity contribution in [2.24, 2.45) is 0 Å². The third-order valence-electron chi connectivity index (χ3n) is 2.56. The molecule has 0 fully saturated rings. The molecule has 1 N–H and O–H groups in total. The maximum atomic E-state index is 12.1. The standard InChI is InChI=1S/C14H17NO3/c1-9-8-10-6-5-7-11(16)12(10)15(9)13(17)18-14(2,3)4/h5-8,16H,1-4H3. The Morgan fingerprint density at radius 2 is 2.00 bits per heavy atom. The van der Waals surface area contributed by atoms with Gasteiger partial charge in [0.05, 0.1) is 0 Å². The Bertz CT molecular complexity index is 605. The number of carbonyl (C=O) groups is 1. The molecule has 4 heteroatoms. The van der Waals surface area contributed by atoms with Gasteiger partial charge in [0.1, 0.15) is 16.9 Å². The van der Waals surface area contributed by atoms with Gasteiger partial charge in [-0.05, 0) is 39.8 Å². The molecule has 1 aromatic heterocycles. The molecule has 96 valence electrons. The van der Waals surface area contributed by atoms with E-state index in [2.05, 4.69) is 0 Å². The highest BCUT2D eigenvalue weighted by atomic mass is 16.6. The van der Waals surface area contributed by atoms with E-state index in [9.17, 15) is 9.90 Å². The van der Waals surface area contributed by atoms with Gasteiger partial charge in [0.15, 0.2) is 0 Å². The van der Waals surface area contributed by atoms with E-state index < -0.39 is 11.7 Å². The Hall–Kier alpha value is -1.97. The molecule has 2 rings (SSSR count). The first kappa shape index (κ1) is 12.5. The molecule has 0 saturated carbocycles. The van der Waals surface area contributed by atoms with Gasteiger partial charge in [-0.15, -0.1) is 0 Å². The van der Waals surface area contributed by atoms with Gasteiger partial charge in [-0.3, -0.25) is 0 Å². The summed E-state index contributed by atoms with van der Waals surface area (Å²) in [7, 11) is 0. The Kier molecular flexibility index (Phi) is 2.81. The number of rotatable bonds is 0. The van der Waals surface area contributed by atoms with Crippen LogP contribution in [0.25, 0.3) is 10.9 Å². The summed E-state index contributed by atoms with van der Waals surface area (Å²) in [6.45, 7) is 7.24. The monoisotopic (exact) mass is 247 g/mol. The molecule has 1 aromatic carbocycles. The van der Waals surface area contributed by atoms with Crippen molar-refractivity contribution in [2.45, 2.75) is 33.3 Å². The van der Waals surface area contributed by atoms with Crippen LogP contribution >= 0.6 is 0 Å². The van der Waals surface area contributed by atoms with Crippen molar-refractivity contribution in [1.29, 1.82) is 0 Å². The van der Waals surface area contributed by atoms with Crippen LogP contribution in [-0.4, -0.2) is 21.4 Å². The third kappa shape index (κ3) is 2.18. The molecule has 0 aliphatic heterocycles. The van der Waals surface area contributed by atoms with Crippen LogP contribution in [0.3, 0.4) is 0 Å². The van der Waals surface area contributed by atoms with Gasteiger partial charge >= 0.3 is 6.09 Å². The number of para-hydroxylation sites is 1. The van der Waals surface area contributed by atoms with E-state index in [0.29, 0.717) is 5.52 Å². The normalized spacial score (nSPS) is 11.8. The number of phenols is 1. The van der Waals surface area contributed by atoms with Crippen LogP contribution in [0.2, 0.25) is 0 Å². The number of benzene rings is 1. The average molecular weight is 247 g/mol. The second-order valence-corrected chi connectivity index (χ2v) is 5.32. The van der Waals surface area contributed by atoms with Crippen LogP contribution in [0.4, 0.5) is 4.79 Å². The smallest absolute Gasteiger partial charge is 0.419 e. The van der Waals surface area contributed by atoms with Crippen molar-refractivity contribution < 1.29 is 14.6 Å². The number of ether oxygens (including phenoxy) is 1. The fourth-order valence-electron chi connectivity index (χ4n) is 1.92. The molecule has 0 unspecified atom stereocenters. The first-order chi connectivity index (χ1) is 8.29. The van der Waals surface area contributed by atoms with E-state index in [4.69, 9.17) is 4.74 Å². The molecule has 0 aliphatic rings. The summed E-state index contributed by atoms with van der Waals surface area (Å²) >= 11 is 0. The molecule has 0 saturated heterocycles. The van der Waals surface area contributed by atoms with E-state index in [1.54, 1.807) is 12.1 Å². The zero-order valence-electron chi connectivity index (χ0n) is 11.0. The zero-order valence-corrected chi connectivity index (χ0v) is 11.0. The summed E-state index contributed by atoms with van der Waals surface area (Å²) in [5.41, 5.74) is 0.662. The Morgan fingerprint density at radius 1 is 1.33 bits per heavy atom. The fraction of sp³-hybridized carbons (Fsp3) is 0.357. The molecular formula is C14H17NO3. The molecule has 0 amide bonds. The first-order valence-electron chi connectivity index (χ1n) is 5.83. The quantitative estimate of drug-likeness (QED) is 0.775. The minimum absolute atomic E-state index is 0.0754. The number of hydrogen-bond acceptors (Lipinski definition) is 3. The van der Waals surface area contributed by atoms with Gasteiger partial charge < -0.3 is 9.84 Å². The SMILES string of the molecule is Cc1cc2cccc(O)c2n1C(=O)OC(C)(C)C. The van der Waals surface area contributed by atoms with Crippen molar-refractivity contribution in [2.75, 3.05) is 0 Å². The maximum absolute atomic E-state index is 12.1. The summed E-state index contributed by atoms with van der Waals surface area (Å²) in [5, 5.41) is 10.7. The second-order valence-electron chi connectivity index (χ2n) is 5.32. The fourth-order valence-corrected chi connectivity index (χ4v) is 1.92. The summed E-state index contributed by atoms with van der Waals surface area (Å²) < 4.78 is 6.74. The number of fused-ring (bicyclic) bond motifs is 1. The van der Waals surface area contributed by atoms with E-state index in [1.807, 2.05) is 39.8 Å². The van der Waals surface area contributed by atoms with Crippen LogP contribution in [-0.2, 0) is 4.74 Å². The molecular weight excluding hydrogens is 230 g/mol. The van der Waals surface area contributed by atoms with Crippen LogP contribution in [0.5, 0.6) is 5.75 Å². The molecule has 0 radical (unpaired) electrons. The second kappa shape index (κ2) is 4.05. The average Bonchev–Trinajstić information content (AvgIpc) is 2.53. The number of nitrogens with zero attached hydrogens (tertiary/aromatic N) is 1. The van der Waals surface area contributed by atoms with Crippen molar-refractivity contribution >= 4 is 17.0 Å². The summed E-state index contributed by atoms with van der Waals surface area (Å²) in [6.07, 6.45) is -0.475. The number of carbonyl (C=O) groups excluding carboxylic acids is 1. The van der Waals surface area contributed by atoms with Crippen LogP contribution in [0.15, 0.2) is 24.3 Å². The van der Waals surface area contributed by atoms with Gasteiger partial charge in [-0.25, -0.2) is 9.36 Å². The first-order valence-corrected chi connectivity index (χ1v) is 5.83. The molecule has 4 nitrogen and oxygen atoms in total. The maximum Gasteiger partial charge on any atom is 0.419 e. The molecule has 0 aliphatic carbocycles. The summed E-state index contributed by atoms with van der Waals surface area (Å²) in [6, 6.07) is 7.00. The van der Waals surface area contributed by atoms with Crippen LogP contribution in [0, 0.1) is 6.92 Å². The Balaban J connectivity index is 2.57. The van der Waals surface area contributed by atoms with Gasteiger partial charge in [0.2, 0.25) is 0 Å². The lowest BCUT2D eigenvalue weighted by atomic mass is 10.2. The number of phenolic OH excluding ortho intramolecular Hbond substituents is 1. The minimum atomic E-state index is -0.565. The highest BCUT2D eigenvalue weighted by Gasteiger charge is 2.21. The van der Waals surface area contributed by atoms with E-state index in [1.165, 1.54) is 4.57 Å². The van der Waals surface area contributed by atoms with E-state index in [0.717, 1.165) is 11.1 Å². The zero-order chi connectivity index (χ0) is 13.5. The summed E-state index contributed by atoms with van der Waals surface area (Å²) in [4.78, 5) is 12.1. The number of hydrogen-bond donors (Lipinski definition) is 1. The van der Waals surface area contributed by atoms with Crippen molar-refractivity contribution in [3.63, 3.8) is 0 Å². The van der Waals surface area contributed by atoms with Crippen molar-refractivity contribution in [3.8, 4) is 5.75 Å². The highest BCUT2D eigenvalue weighted by molar-refractivity contribution is 5.94. The molecule has 0 atom stereocenters. The topological polar surface area (TPSA) is 51.5 Å². The number of aromatic nitrogens is 1. The van der Waals surface area contributed by atoms with E-state index in [-0.39, 0.29) is 5.75 Å². The van der Waals surface area contributed by atoms with E-state index >= 15 is 0 Å². The van der Waals surface area contributed by atoms with Gasteiger partial charge in [-0.2, -0.15) is 0 Å². The molecule has 1 heterocycles. The molecule has 0 bridgehead atoms. The lowest BCUT2D eigenvalue weighted by molar-refractivity contribution is 0.0541.